The van der Waals surface area contributed by atoms with Gasteiger partial charge in [0.1, 0.15) is 18.2 Å². The fraction of sp³-hybridized carbons (Fsp3) is 0.667. The van der Waals surface area contributed by atoms with Crippen molar-refractivity contribution in [3.8, 4) is 0 Å². The monoisotopic (exact) mass is 315 g/mol. The number of ether oxygens (including phenoxy) is 1. The van der Waals surface area contributed by atoms with Crippen molar-refractivity contribution in [2.75, 3.05) is 13.2 Å². The molecule has 1 aromatic rings. The quantitative estimate of drug-likeness (QED) is 0.306. The van der Waals surface area contributed by atoms with Crippen molar-refractivity contribution in [2.45, 2.75) is 32.2 Å². The molecule has 0 saturated carbocycles. The average molecular weight is 315 g/mol. The molecule has 0 bridgehead atoms. The number of rotatable bonds is 9. The van der Waals surface area contributed by atoms with Gasteiger partial charge >= 0.3 is 5.95 Å². The summed E-state index contributed by atoms with van der Waals surface area (Å²) in [5, 5.41) is 20.2. The van der Waals surface area contributed by atoms with E-state index in [-0.39, 0.29) is 24.7 Å². The third kappa shape index (κ3) is 4.07. The van der Waals surface area contributed by atoms with Crippen LogP contribution in [0.4, 0.5) is 5.95 Å². The van der Waals surface area contributed by atoms with Gasteiger partial charge < -0.3 is 25.7 Å². The van der Waals surface area contributed by atoms with E-state index in [4.69, 9.17) is 16.2 Å². The summed E-state index contributed by atoms with van der Waals surface area (Å²) in [5.74, 6) is -3.00. The van der Waals surface area contributed by atoms with E-state index in [1.165, 1.54) is 12.4 Å². The van der Waals surface area contributed by atoms with Crippen molar-refractivity contribution in [3.63, 3.8) is 0 Å². The number of hydrogen-bond acceptors (Lipinski definition) is 8. The van der Waals surface area contributed by atoms with E-state index in [9.17, 15) is 20.0 Å². The molecule has 5 N–H and O–H groups in total. The van der Waals surface area contributed by atoms with Crippen molar-refractivity contribution < 1.29 is 19.6 Å². The highest BCUT2D eigenvalue weighted by Gasteiger charge is 2.41. The van der Waals surface area contributed by atoms with Crippen LogP contribution in [0.1, 0.15) is 20.3 Å². The lowest BCUT2D eigenvalue weighted by Gasteiger charge is -2.31. The Kier molecular flexibility index (Phi) is 6.11. The van der Waals surface area contributed by atoms with Crippen LogP contribution >= 0.6 is 0 Å². The molecule has 0 saturated heterocycles. The number of hydrogen-bond donors (Lipinski definition) is 3. The molecule has 22 heavy (non-hydrogen) atoms. The number of Topliss-reactive ketones (excluding diaryl/α,β-unsaturated/α-hetero) is 1. The first-order valence-corrected chi connectivity index (χ1v) is 6.73. The van der Waals surface area contributed by atoms with Gasteiger partial charge in [0.2, 0.25) is 0 Å². The molecule has 1 aromatic heterocycles. The van der Waals surface area contributed by atoms with Crippen LogP contribution in [-0.4, -0.2) is 44.6 Å². The van der Waals surface area contributed by atoms with Crippen LogP contribution in [-0.2, 0) is 15.4 Å². The van der Waals surface area contributed by atoms with E-state index in [0.717, 1.165) is 4.57 Å². The molecule has 1 rings (SSSR count). The zero-order valence-corrected chi connectivity index (χ0v) is 12.5. The van der Waals surface area contributed by atoms with Crippen LogP contribution in [0.2, 0.25) is 0 Å². The largest absolute Gasteiger partial charge is 0.438 e. The SMILES string of the molecule is CC(C)C(=O)CC(N)(OC(CN)CO)n1ccnc1[N+](=O)[O-]. The van der Waals surface area contributed by atoms with Gasteiger partial charge in [0, 0.05) is 12.5 Å². The van der Waals surface area contributed by atoms with Gasteiger partial charge in [0.25, 0.3) is 5.85 Å². The summed E-state index contributed by atoms with van der Waals surface area (Å²) in [5.41, 5.74) is 11.6. The van der Waals surface area contributed by atoms with E-state index in [1.54, 1.807) is 13.8 Å². The van der Waals surface area contributed by atoms with E-state index < -0.39 is 29.4 Å². The molecule has 0 aliphatic heterocycles. The first kappa shape index (κ1) is 18.2. The van der Waals surface area contributed by atoms with Crippen LogP contribution in [0.5, 0.6) is 0 Å². The molecule has 1 heterocycles. The summed E-state index contributed by atoms with van der Waals surface area (Å²) in [6.07, 6.45) is 1.24. The average Bonchev–Trinajstić information content (AvgIpc) is 2.95. The lowest BCUT2D eigenvalue weighted by atomic mass is 10.0. The summed E-state index contributed by atoms with van der Waals surface area (Å²) in [6, 6.07) is 0. The molecule has 0 radical (unpaired) electrons. The van der Waals surface area contributed by atoms with Gasteiger partial charge in [-0.25, -0.2) is 0 Å². The minimum Gasteiger partial charge on any atom is -0.394 e. The van der Waals surface area contributed by atoms with Crippen molar-refractivity contribution in [3.05, 3.63) is 22.5 Å². The summed E-state index contributed by atoms with van der Waals surface area (Å²) >= 11 is 0. The Morgan fingerprint density at radius 1 is 1.64 bits per heavy atom. The minimum atomic E-state index is -1.85. The second kappa shape index (κ2) is 7.40. The topological polar surface area (TPSA) is 160 Å². The molecule has 2 atom stereocenters. The molecule has 10 heteroatoms. The Hall–Kier alpha value is -1.88. The molecular weight excluding hydrogens is 294 g/mol. The van der Waals surface area contributed by atoms with Crippen LogP contribution in [0.25, 0.3) is 0 Å². The molecule has 0 spiro atoms. The number of imidazole rings is 1. The number of nitrogens with two attached hydrogens (primary N) is 2. The fourth-order valence-corrected chi connectivity index (χ4v) is 1.81. The number of aliphatic hydroxyl groups is 1. The van der Waals surface area contributed by atoms with Gasteiger partial charge in [-0.1, -0.05) is 18.8 Å². The Bertz CT molecular complexity index is 528. The molecule has 0 aromatic carbocycles. The number of aromatic nitrogens is 2. The van der Waals surface area contributed by atoms with E-state index in [1.807, 2.05) is 0 Å². The number of nitro groups is 1. The Morgan fingerprint density at radius 2 is 2.27 bits per heavy atom. The highest BCUT2D eigenvalue weighted by Crippen LogP contribution is 2.25. The van der Waals surface area contributed by atoms with Crippen molar-refractivity contribution in [1.82, 2.24) is 9.55 Å². The predicted molar refractivity (Wildman–Crippen MR) is 76.5 cm³/mol. The summed E-state index contributed by atoms with van der Waals surface area (Å²) in [7, 11) is 0. The van der Waals surface area contributed by atoms with Crippen LogP contribution in [0, 0.1) is 16.0 Å². The van der Waals surface area contributed by atoms with Crippen LogP contribution in [0.15, 0.2) is 12.4 Å². The number of nitrogens with zero attached hydrogens (tertiary/aromatic N) is 3. The highest BCUT2D eigenvalue weighted by molar-refractivity contribution is 5.80. The van der Waals surface area contributed by atoms with Gasteiger partial charge in [-0.3, -0.25) is 10.5 Å². The molecule has 0 aliphatic rings. The van der Waals surface area contributed by atoms with Gasteiger partial charge in [0.15, 0.2) is 0 Å². The van der Waals surface area contributed by atoms with Gasteiger partial charge in [-0.2, -0.15) is 4.57 Å². The fourth-order valence-electron chi connectivity index (χ4n) is 1.81. The zero-order chi connectivity index (χ0) is 16.9. The first-order valence-electron chi connectivity index (χ1n) is 6.73. The standard InChI is InChI=1S/C12H21N5O5/c1-8(2)10(19)5-12(14,22-9(6-13)7-18)16-4-3-15-11(16)17(20)21/h3-4,8-9,18H,5-7,13-14H2,1-2H3. The zero-order valence-electron chi connectivity index (χ0n) is 12.5. The Labute approximate surface area is 127 Å². The summed E-state index contributed by atoms with van der Waals surface area (Å²) in [6.45, 7) is 2.86. The second-order valence-electron chi connectivity index (χ2n) is 5.16. The molecule has 10 nitrogen and oxygen atoms in total. The lowest BCUT2D eigenvalue weighted by Crippen LogP contribution is -2.52. The number of aliphatic hydroxyl groups excluding tert-OH is 1. The summed E-state index contributed by atoms with van der Waals surface area (Å²) < 4.78 is 6.46. The van der Waals surface area contributed by atoms with Crippen molar-refractivity contribution in [1.29, 1.82) is 0 Å². The Morgan fingerprint density at radius 3 is 2.73 bits per heavy atom. The molecule has 0 amide bonds. The van der Waals surface area contributed by atoms with Crippen molar-refractivity contribution in [2.24, 2.45) is 17.4 Å². The van der Waals surface area contributed by atoms with Gasteiger partial charge in [0.05, 0.1) is 19.1 Å². The maximum Gasteiger partial charge on any atom is 0.438 e. The number of carbonyl (C=O) groups excluding carboxylic acids is 1. The predicted octanol–water partition coefficient (Wildman–Crippen LogP) is -0.688. The third-order valence-electron chi connectivity index (χ3n) is 3.10. The van der Waals surface area contributed by atoms with E-state index in [0.29, 0.717) is 0 Å². The smallest absolute Gasteiger partial charge is 0.394 e. The second-order valence-corrected chi connectivity index (χ2v) is 5.16. The van der Waals surface area contributed by atoms with E-state index >= 15 is 0 Å². The molecule has 2 unspecified atom stereocenters. The molecule has 0 aliphatic carbocycles. The third-order valence-corrected chi connectivity index (χ3v) is 3.10. The van der Waals surface area contributed by atoms with Gasteiger partial charge in [-0.05, 0) is 4.92 Å². The number of carbonyl (C=O) groups is 1. The highest BCUT2D eigenvalue weighted by atomic mass is 16.6. The number of ketones is 1. The van der Waals surface area contributed by atoms with Gasteiger partial charge in [-0.15, -0.1) is 0 Å². The lowest BCUT2D eigenvalue weighted by molar-refractivity contribution is -0.400. The maximum absolute atomic E-state index is 12.0. The summed E-state index contributed by atoms with van der Waals surface area (Å²) in [4.78, 5) is 25.9. The van der Waals surface area contributed by atoms with Crippen LogP contribution < -0.4 is 11.5 Å². The normalized spacial score (nSPS) is 15.5. The molecule has 124 valence electrons. The first-order chi connectivity index (χ1) is 10.2. The minimum absolute atomic E-state index is 0.0617. The maximum atomic E-state index is 12.0. The van der Waals surface area contributed by atoms with Crippen molar-refractivity contribution >= 4 is 11.7 Å². The Balaban J connectivity index is 3.22. The van der Waals surface area contributed by atoms with E-state index in [2.05, 4.69) is 4.98 Å². The van der Waals surface area contributed by atoms with Crippen LogP contribution in [0.3, 0.4) is 0 Å². The molecular formula is C12H21N5O5. The molecule has 0 fully saturated rings.